The Hall–Kier alpha value is -2.18. The summed E-state index contributed by atoms with van der Waals surface area (Å²) in [5.41, 5.74) is 5.12. The first-order valence-electron chi connectivity index (χ1n) is 9.71. The van der Waals surface area contributed by atoms with Crippen LogP contribution >= 0.6 is 0 Å². The number of pyridine rings is 1. The number of hydrogen-bond donors (Lipinski definition) is 2. The number of piperazine rings is 1. The normalized spacial score (nSPS) is 18.6. The first-order chi connectivity index (χ1) is 12.8. The number of rotatable bonds is 3. The lowest BCUT2D eigenvalue weighted by atomic mass is 9.88. The van der Waals surface area contributed by atoms with E-state index in [1.807, 2.05) is 6.20 Å². The van der Waals surface area contributed by atoms with Crippen LogP contribution in [0.3, 0.4) is 0 Å². The minimum Gasteiger partial charge on any atom is -0.395 e. The summed E-state index contributed by atoms with van der Waals surface area (Å²) in [6.07, 6.45) is 6.71. The summed E-state index contributed by atoms with van der Waals surface area (Å²) in [4.78, 5) is 9.92. The van der Waals surface area contributed by atoms with Crippen molar-refractivity contribution in [2.24, 2.45) is 0 Å². The lowest BCUT2D eigenvalue weighted by molar-refractivity contribution is 0.188. The highest BCUT2D eigenvalue weighted by Crippen LogP contribution is 2.37. The molecule has 6 nitrogen and oxygen atoms in total. The number of hydrogen-bond acceptors (Lipinski definition) is 5. The molecule has 6 heteroatoms. The van der Waals surface area contributed by atoms with Gasteiger partial charge >= 0.3 is 0 Å². The molecule has 0 radical (unpaired) electrons. The van der Waals surface area contributed by atoms with Crippen molar-refractivity contribution in [2.45, 2.75) is 25.7 Å². The van der Waals surface area contributed by atoms with Crippen LogP contribution in [-0.2, 0) is 12.8 Å². The number of H-pyrrole nitrogens is 1. The summed E-state index contributed by atoms with van der Waals surface area (Å²) in [6, 6.07) is 4.23. The standard InChI is InChI=1S/C20H25N5O/c26-12-11-24-7-9-25(10-8-24)20-15-4-2-1-3-14(15)19-16-13-21-23-17(16)5-6-18(19)22-20/h5-6,13,26H,1-4,7-12H2,(H,21,23). The van der Waals surface area contributed by atoms with Crippen molar-refractivity contribution in [3.63, 3.8) is 0 Å². The second-order valence-corrected chi connectivity index (χ2v) is 7.44. The van der Waals surface area contributed by atoms with Gasteiger partial charge in [-0.3, -0.25) is 10.00 Å². The molecule has 0 spiro atoms. The van der Waals surface area contributed by atoms with Crippen LogP contribution in [0.5, 0.6) is 0 Å². The lowest BCUT2D eigenvalue weighted by Crippen LogP contribution is -2.47. The zero-order valence-electron chi connectivity index (χ0n) is 15.0. The van der Waals surface area contributed by atoms with Crippen LogP contribution < -0.4 is 4.90 Å². The molecule has 1 aliphatic carbocycles. The second-order valence-electron chi connectivity index (χ2n) is 7.44. The molecule has 0 bridgehead atoms. The van der Waals surface area contributed by atoms with E-state index in [2.05, 4.69) is 32.1 Å². The monoisotopic (exact) mass is 351 g/mol. The largest absolute Gasteiger partial charge is 0.395 e. The predicted molar refractivity (Wildman–Crippen MR) is 104 cm³/mol. The molecule has 26 heavy (non-hydrogen) atoms. The van der Waals surface area contributed by atoms with Gasteiger partial charge in [0.15, 0.2) is 0 Å². The van der Waals surface area contributed by atoms with E-state index in [9.17, 15) is 5.11 Å². The van der Waals surface area contributed by atoms with Gasteiger partial charge < -0.3 is 10.0 Å². The minimum atomic E-state index is 0.240. The maximum absolute atomic E-state index is 9.17. The maximum Gasteiger partial charge on any atom is 0.132 e. The second kappa shape index (κ2) is 6.52. The molecular weight excluding hydrogens is 326 g/mol. The van der Waals surface area contributed by atoms with Crippen molar-refractivity contribution < 1.29 is 5.11 Å². The molecule has 0 amide bonds. The minimum absolute atomic E-state index is 0.240. The number of aromatic amines is 1. The number of benzene rings is 1. The molecule has 0 saturated carbocycles. The molecule has 0 atom stereocenters. The Morgan fingerprint density at radius 3 is 2.65 bits per heavy atom. The summed E-state index contributed by atoms with van der Waals surface area (Å²) in [7, 11) is 0. The molecule has 2 aromatic heterocycles. The van der Waals surface area contributed by atoms with Gasteiger partial charge in [-0.1, -0.05) is 0 Å². The predicted octanol–water partition coefficient (Wildman–Crippen LogP) is 2.10. The number of nitrogens with one attached hydrogen (secondary N) is 1. The van der Waals surface area contributed by atoms with Gasteiger partial charge in [0.2, 0.25) is 0 Å². The molecule has 136 valence electrons. The average Bonchev–Trinajstić information content (AvgIpc) is 3.17. The fourth-order valence-corrected chi connectivity index (χ4v) is 4.61. The molecule has 2 aliphatic rings. The highest BCUT2D eigenvalue weighted by Gasteiger charge is 2.25. The third kappa shape index (κ3) is 2.56. The van der Waals surface area contributed by atoms with E-state index in [4.69, 9.17) is 4.98 Å². The van der Waals surface area contributed by atoms with E-state index in [-0.39, 0.29) is 6.61 Å². The third-order valence-corrected chi connectivity index (χ3v) is 5.96. The number of anilines is 1. The van der Waals surface area contributed by atoms with Crippen LogP contribution in [0.2, 0.25) is 0 Å². The molecule has 3 aromatic rings. The molecule has 1 saturated heterocycles. The van der Waals surface area contributed by atoms with Gasteiger partial charge in [-0.05, 0) is 48.9 Å². The Balaban J connectivity index is 1.61. The van der Waals surface area contributed by atoms with Gasteiger partial charge in [-0.25, -0.2) is 4.98 Å². The fraction of sp³-hybridized carbons (Fsp3) is 0.500. The smallest absolute Gasteiger partial charge is 0.132 e. The Kier molecular flexibility index (Phi) is 4.02. The maximum atomic E-state index is 9.17. The van der Waals surface area contributed by atoms with Crippen LogP contribution in [-0.4, -0.2) is 64.5 Å². The van der Waals surface area contributed by atoms with Crippen molar-refractivity contribution >= 4 is 27.6 Å². The van der Waals surface area contributed by atoms with Gasteiger partial charge in [-0.2, -0.15) is 5.10 Å². The van der Waals surface area contributed by atoms with E-state index < -0.39 is 0 Å². The van der Waals surface area contributed by atoms with Crippen molar-refractivity contribution in [2.75, 3.05) is 44.2 Å². The van der Waals surface area contributed by atoms with Gasteiger partial charge in [-0.15, -0.1) is 0 Å². The van der Waals surface area contributed by atoms with E-state index in [1.165, 1.54) is 40.6 Å². The van der Waals surface area contributed by atoms with Gasteiger partial charge in [0, 0.05) is 43.5 Å². The summed E-state index contributed by atoms with van der Waals surface area (Å²) < 4.78 is 0. The number of nitrogens with zero attached hydrogens (tertiary/aromatic N) is 4. The summed E-state index contributed by atoms with van der Waals surface area (Å²) in [6.45, 7) is 4.98. The van der Waals surface area contributed by atoms with E-state index in [0.29, 0.717) is 0 Å². The van der Waals surface area contributed by atoms with Gasteiger partial charge in [0.25, 0.3) is 0 Å². The highest BCUT2D eigenvalue weighted by atomic mass is 16.3. The molecule has 1 fully saturated rings. The number of aromatic nitrogens is 3. The quantitative estimate of drug-likeness (QED) is 0.756. The van der Waals surface area contributed by atoms with E-state index in [1.54, 1.807) is 0 Å². The van der Waals surface area contributed by atoms with Crippen LogP contribution in [0.4, 0.5) is 5.82 Å². The van der Waals surface area contributed by atoms with Gasteiger partial charge in [0.1, 0.15) is 5.82 Å². The van der Waals surface area contributed by atoms with Crippen LogP contribution in [0.25, 0.3) is 21.8 Å². The van der Waals surface area contributed by atoms with E-state index >= 15 is 0 Å². The first-order valence-corrected chi connectivity index (χ1v) is 9.71. The molecule has 2 N–H and O–H groups in total. The van der Waals surface area contributed by atoms with Crippen molar-refractivity contribution in [1.29, 1.82) is 0 Å². The zero-order chi connectivity index (χ0) is 17.5. The molecule has 5 rings (SSSR count). The number of aryl methyl sites for hydroxylation is 1. The van der Waals surface area contributed by atoms with Crippen LogP contribution in [0.1, 0.15) is 24.0 Å². The van der Waals surface area contributed by atoms with Crippen LogP contribution in [0, 0.1) is 0 Å². The fourth-order valence-electron chi connectivity index (χ4n) is 4.61. The summed E-state index contributed by atoms with van der Waals surface area (Å²) in [5, 5.41) is 19.0. The molecule has 1 aliphatic heterocycles. The summed E-state index contributed by atoms with van der Waals surface area (Å²) >= 11 is 0. The SMILES string of the molecule is OCCN1CCN(c2nc3ccc4[nH]ncc4c3c3c2CCCC3)CC1. The number of β-amino-alcohol motifs (C(OH)–C–C–N with tert-alkyl or cyclic N) is 1. The Morgan fingerprint density at radius 1 is 1.04 bits per heavy atom. The zero-order valence-corrected chi connectivity index (χ0v) is 15.0. The number of aliphatic hydroxyl groups excluding tert-OH is 1. The van der Waals surface area contributed by atoms with Crippen LogP contribution in [0.15, 0.2) is 18.3 Å². The molecule has 3 heterocycles. The lowest BCUT2D eigenvalue weighted by Gasteiger charge is -2.37. The highest BCUT2D eigenvalue weighted by molar-refractivity contribution is 6.07. The Morgan fingerprint density at radius 2 is 1.85 bits per heavy atom. The molecule has 0 unspecified atom stereocenters. The molecule has 1 aromatic carbocycles. The topological polar surface area (TPSA) is 68.3 Å². The van der Waals surface area contributed by atoms with Crippen molar-refractivity contribution in [3.05, 3.63) is 29.5 Å². The van der Waals surface area contributed by atoms with E-state index in [0.717, 1.165) is 56.6 Å². The van der Waals surface area contributed by atoms with Crippen molar-refractivity contribution in [1.82, 2.24) is 20.1 Å². The first kappa shape index (κ1) is 16.0. The Bertz CT molecular complexity index is 942. The summed E-state index contributed by atoms with van der Waals surface area (Å²) in [5.74, 6) is 1.19. The number of fused-ring (bicyclic) bond motifs is 5. The Labute approximate surface area is 152 Å². The van der Waals surface area contributed by atoms with Crippen molar-refractivity contribution in [3.8, 4) is 0 Å². The average molecular weight is 351 g/mol. The van der Waals surface area contributed by atoms with Gasteiger partial charge in [0.05, 0.1) is 23.8 Å². The molecular formula is C20H25N5O. The number of aliphatic hydroxyl groups is 1. The third-order valence-electron chi connectivity index (χ3n) is 5.96.